The van der Waals surface area contributed by atoms with Crippen LogP contribution in [0.1, 0.15) is 23.7 Å². The Labute approximate surface area is 112 Å². The number of aliphatic carboxylic acids is 1. The van der Waals surface area contributed by atoms with Gasteiger partial charge in [0.15, 0.2) is 0 Å². The number of nitrogens with one attached hydrogen (secondary N) is 1. The number of hydrogen-bond acceptors (Lipinski definition) is 2. The van der Waals surface area contributed by atoms with E-state index in [1.165, 1.54) is 18.2 Å². The minimum Gasteiger partial charge on any atom is -0.481 e. The van der Waals surface area contributed by atoms with E-state index in [-0.39, 0.29) is 16.6 Å². The van der Waals surface area contributed by atoms with Crippen molar-refractivity contribution in [3.05, 3.63) is 34.1 Å². The lowest BCUT2D eigenvalue weighted by atomic mass is 10.1. The Hall–Kier alpha value is -1.43. The standard InChI is InChI=1S/C12H13BrFNO3/c1-7(12(17)18)5-6-15-11(16)8-3-2-4-9(14)10(8)13/h2-4,7H,5-6H2,1H3,(H,15,16)(H,17,18). The number of halogens is 2. The number of carbonyl (C=O) groups is 2. The largest absolute Gasteiger partial charge is 0.481 e. The Morgan fingerprint density at radius 1 is 1.50 bits per heavy atom. The normalized spacial score (nSPS) is 11.9. The number of rotatable bonds is 5. The minimum absolute atomic E-state index is 0.105. The summed E-state index contributed by atoms with van der Waals surface area (Å²) < 4.78 is 13.3. The van der Waals surface area contributed by atoms with Crippen molar-refractivity contribution in [2.75, 3.05) is 6.54 Å². The second-order valence-corrected chi connectivity index (χ2v) is 4.68. The van der Waals surface area contributed by atoms with Gasteiger partial charge in [-0.1, -0.05) is 13.0 Å². The van der Waals surface area contributed by atoms with Crippen LogP contribution in [0.15, 0.2) is 22.7 Å². The molecule has 0 saturated carbocycles. The van der Waals surface area contributed by atoms with Crippen molar-refractivity contribution in [3.8, 4) is 0 Å². The second kappa shape index (κ2) is 6.49. The van der Waals surface area contributed by atoms with Crippen molar-refractivity contribution in [1.29, 1.82) is 0 Å². The third-order valence-electron chi connectivity index (χ3n) is 2.48. The Kier molecular flexibility index (Phi) is 5.27. The summed E-state index contributed by atoms with van der Waals surface area (Å²) in [6.45, 7) is 1.79. The maximum absolute atomic E-state index is 13.2. The molecule has 1 aromatic rings. The SMILES string of the molecule is CC(CCNC(=O)c1cccc(F)c1Br)C(=O)O. The predicted molar refractivity (Wildman–Crippen MR) is 67.9 cm³/mol. The van der Waals surface area contributed by atoms with Gasteiger partial charge in [0.05, 0.1) is 16.0 Å². The molecule has 0 saturated heterocycles. The van der Waals surface area contributed by atoms with Crippen LogP contribution in [0.3, 0.4) is 0 Å². The molecule has 4 nitrogen and oxygen atoms in total. The summed E-state index contributed by atoms with van der Waals surface area (Å²) >= 11 is 2.99. The molecule has 0 aliphatic rings. The molecule has 6 heteroatoms. The van der Waals surface area contributed by atoms with Gasteiger partial charge in [0.1, 0.15) is 5.82 Å². The molecule has 0 aliphatic carbocycles. The van der Waals surface area contributed by atoms with Crippen LogP contribution >= 0.6 is 15.9 Å². The molecule has 1 aromatic carbocycles. The van der Waals surface area contributed by atoms with Gasteiger partial charge < -0.3 is 10.4 Å². The number of hydrogen-bond donors (Lipinski definition) is 2. The molecule has 0 fully saturated rings. The zero-order chi connectivity index (χ0) is 13.7. The third-order valence-corrected chi connectivity index (χ3v) is 3.29. The van der Waals surface area contributed by atoms with Crippen molar-refractivity contribution < 1.29 is 19.1 Å². The van der Waals surface area contributed by atoms with Gasteiger partial charge in [0, 0.05) is 6.54 Å². The van der Waals surface area contributed by atoms with Crippen molar-refractivity contribution in [2.24, 2.45) is 5.92 Å². The van der Waals surface area contributed by atoms with Gasteiger partial charge in [0.25, 0.3) is 5.91 Å². The molecule has 0 radical (unpaired) electrons. The van der Waals surface area contributed by atoms with E-state index in [2.05, 4.69) is 21.2 Å². The smallest absolute Gasteiger partial charge is 0.306 e. The first-order valence-electron chi connectivity index (χ1n) is 5.38. The number of carboxylic acids is 1. The lowest BCUT2D eigenvalue weighted by molar-refractivity contribution is -0.141. The van der Waals surface area contributed by atoms with Crippen molar-refractivity contribution in [3.63, 3.8) is 0 Å². The van der Waals surface area contributed by atoms with Crippen LogP contribution in [0.2, 0.25) is 0 Å². The van der Waals surface area contributed by atoms with E-state index in [0.29, 0.717) is 6.42 Å². The Morgan fingerprint density at radius 2 is 2.17 bits per heavy atom. The summed E-state index contributed by atoms with van der Waals surface area (Å²) in [6.07, 6.45) is 0.327. The number of carbonyl (C=O) groups excluding carboxylic acids is 1. The zero-order valence-corrected chi connectivity index (χ0v) is 11.3. The first-order valence-corrected chi connectivity index (χ1v) is 6.17. The molecule has 98 valence electrons. The lowest BCUT2D eigenvalue weighted by Gasteiger charge is -2.09. The highest BCUT2D eigenvalue weighted by molar-refractivity contribution is 9.10. The van der Waals surface area contributed by atoms with Crippen LogP contribution < -0.4 is 5.32 Å². The van der Waals surface area contributed by atoms with Crippen LogP contribution in [-0.4, -0.2) is 23.5 Å². The van der Waals surface area contributed by atoms with E-state index in [1.807, 2.05) is 0 Å². The van der Waals surface area contributed by atoms with Crippen LogP contribution in [0.4, 0.5) is 4.39 Å². The van der Waals surface area contributed by atoms with E-state index in [0.717, 1.165) is 0 Å². The second-order valence-electron chi connectivity index (χ2n) is 3.89. The highest BCUT2D eigenvalue weighted by Crippen LogP contribution is 2.20. The molecular formula is C12H13BrFNO3. The van der Waals surface area contributed by atoms with Gasteiger partial charge in [0.2, 0.25) is 0 Å². The number of carboxylic acid groups (broad SMARTS) is 1. The molecule has 0 aromatic heterocycles. The van der Waals surface area contributed by atoms with Crippen molar-refractivity contribution in [2.45, 2.75) is 13.3 Å². The lowest BCUT2D eigenvalue weighted by Crippen LogP contribution is -2.27. The fourth-order valence-electron chi connectivity index (χ4n) is 1.30. The molecule has 0 bridgehead atoms. The average Bonchev–Trinajstić information content (AvgIpc) is 2.32. The van der Waals surface area contributed by atoms with E-state index < -0.39 is 23.6 Å². The fourth-order valence-corrected chi connectivity index (χ4v) is 1.74. The van der Waals surface area contributed by atoms with E-state index in [1.54, 1.807) is 6.92 Å². The fraction of sp³-hybridized carbons (Fsp3) is 0.333. The van der Waals surface area contributed by atoms with Gasteiger partial charge in [-0.05, 0) is 34.5 Å². The first kappa shape index (κ1) is 14.6. The molecule has 18 heavy (non-hydrogen) atoms. The Morgan fingerprint density at radius 3 is 2.78 bits per heavy atom. The Bertz CT molecular complexity index is 465. The highest BCUT2D eigenvalue weighted by Gasteiger charge is 2.14. The summed E-state index contributed by atoms with van der Waals surface area (Å²) in [4.78, 5) is 22.3. The molecule has 1 rings (SSSR count). The van der Waals surface area contributed by atoms with Gasteiger partial charge in [-0.25, -0.2) is 4.39 Å². The van der Waals surface area contributed by atoms with Crippen molar-refractivity contribution in [1.82, 2.24) is 5.32 Å². The molecule has 0 heterocycles. The van der Waals surface area contributed by atoms with Crippen LogP contribution in [0, 0.1) is 11.7 Å². The molecular weight excluding hydrogens is 305 g/mol. The summed E-state index contributed by atoms with van der Waals surface area (Å²) in [5, 5.41) is 11.2. The summed E-state index contributed by atoms with van der Waals surface area (Å²) in [7, 11) is 0. The van der Waals surface area contributed by atoms with Gasteiger partial charge in [-0.15, -0.1) is 0 Å². The maximum Gasteiger partial charge on any atom is 0.306 e. The summed E-state index contributed by atoms with van der Waals surface area (Å²) in [5.41, 5.74) is 0.193. The molecule has 1 amide bonds. The molecule has 2 N–H and O–H groups in total. The van der Waals surface area contributed by atoms with Crippen LogP contribution in [0.25, 0.3) is 0 Å². The molecule has 0 spiro atoms. The summed E-state index contributed by atoms with van der Waals surface area (Å²) in [5.74, 6) is -2.38. The summed E-state index contributed by atoms with van der Waals surface area (Å²) in [6, 6.07) is 4.17. The monoisotopic (exact) mass is 317 g/mol. The first-order chi connectivity index (χ1) is 8.43. The van der Waals surface area contributed by atoms with E-state index >= 15 is 0 Å². The zero-order valence-electron chi connectivity index (χ0n) is 9.74. The predicted octanol–water partition coefficient (Wildman–Crippen LogP) is 2.43. The average molecular weight is 318 g/mol. The van der Waals surface area contributed by atoms with Crippen LogP contribution in [-0.2, 0) is 4.79 Å². The van der Waals surface area contributed by atoms with E-state index in [4.69, 9.17) is 5.11 Å². The van der Waals surface area contributed by atoms with Gasteiger partial charge >= 0.3 is 5.97 Å². The minimum atomic E-state index is -0.906. The Balaban J connectivity index is 2.56. The van der Waals surface area contributed by atoms with Crippen molar-refractivity contribution >= 4 is 27.8 Å². The third kappa shape index (κ3) is 3.80. The van der Waals surface area contributed by atoms with Crippen LogP contribution in [0.5, 0.6) is 0 Å². The molecule has 1 atom stereocenters. The molecule has 1 unspecified atom stereocenters. The van der Waals surface area contributed by atoms with Gasteiger partial charge in [-0.2, -0.15) is 0 Å². The van der Waals surface area contributed by atoms with Gasteiger partial charge in [-0.3, -0.25) is 9.59 Å². The number of benzene rings is 1. The number of amides is 1. The quantitative estimate of drug-likeness (QED) is 0.876. The van der Waals surface area contributed by atoms with E-state index in [9.17, 15) is 14.0 Å². The topological polar surface area (TPSA) is 66.4 Å². The maximum atomic E-state index is 13.2. The highest BCUT2D eigenvalue weighted by atomic mass is 79.9. The molecule has 0 aliphatic heterocycles.